The van der Waals surface area contributed by atoms with Crippen LogP contribution in [0.5, 0.6) is 5.75 Å². The molecule has 3 aromatic heterocycles. The van der Waals surface area contributed by atoms with Crippen molar-refractivity contribution < 1.29 is 32.6 Å². The van der Waals surface area contributed by atoms with Crippen LogP contribution >= 0.6 is 11.3 Å². The van der Waals surface area contributed by atoms with Crippen molar-refractivity contribution in [3.8, 4) is 5.75 Å². The number of carbonyl (C=O) groups excluding carboxylic acids is 1. The minimum Gasteiger partial charge on any atom is -0.494 e. The molecular formula is C27H26F3N3O5S. The van der Waals surface area contributed by atoms with Gasteiger partial charge in [-0.1, -0.05) is 43.5 Å². The van der Waals surface area contributed by atoms with E-state index >= 15 is 0 Å². The Labute approximate surface area is 225 Å². The number of hydrogen-bond donors (Lipinski definition) is 2. The number of pyridine rings is 2. The number of nitrogens with one attached hydrogen (secondary N) is 1. The van der Waals surface area contributed by atoms with Crippen molar-refractivity contribution in [2.45, 2.75) is 50.9 Å². The van der Waals surface area contributed by atoms with Gasteiger partial charge >= 0.3 is 12.1 Å². The van der Waals surface area contributed by atoms with Crippen LogP contribution < -0.4 is 15.6 Å². The molecule has 39 heavy (non-hydrogen) atoms. The van der Waals surface area contributed by atoms with E-state index in [2.05, 4.69) is 10.3 Å². The lowest BCUT2D eigenvalue weighted by Gasteiger charge is -2.22. The molecule has 0 aliphatic heterocycles. The molecule has 0 saturated heterocycles. The number of methoxy groups -OCH3 is 1. The number of fused-ring (bicyclic) bond motifs is 3. The standard InChI is InChI=1S/C25H25N3O3S.C2HF3O2/c1-31-21-20-22(32-23(21)24(29)27-16-9-3-2-4-10-16)18-12-5-6-13-19(18)28(25(20)30)15-17-11-7-8-14-26-17;3-2(4,5)1(6)7/h5-8,11-14,16H,2-4,9-10,15H2,1H3,(H,27,29);(H,6,7). The maximum atomic E-state index is 13.7. The highest BCUT2D eigenvalue weighted by Crippen LogP contribution is 2.39. The minimum absolute atomic E-state index is 0.158. The van der Waals surface area contributed by atoms with Crippen LogP contribution in [0.1, 0.15) is 47.5 Å². The van der Waals surface area contributed by atoms with E-state index in [0.717, 1.165) is 47.0 Å². The Balaban J connectivity index is 0.000000448. The van der Waals surface area contributed by atoms with Gasteiger partial charge in [0.05, 0.1) is 29.6 Å². The van der Waals surface area contributed by atoms with Gasteiger partial charge in [-0.15, -0.1) is 11.3 Å². The molecule has 5 rings (SSSR count). The van der Waals surface area contributed by atoms with E-state index in [-0.39, 0.29) is 17.5 Å². The molecule has 1 amide bonds. The number of aromatic nitrogens is 2. The zero-order chi connectivity index (χ0) is 28.2. The molecule has 1 aliphatic carbocycles. The summed E-state index contributed by atoms with van der Waals surface area (Å²) >= 11 is 1.34. The molecule has 8 nitrogen and oxygen atoms in total. The highest BCUT2D eigenvalue weighted by atomic mass is 32.1. The lowest BCUT2D eigenvalue weighted by Crippen LogP contribution is -2.35. The monoisotopic (exact) mass is 561 g/mol. The molecule has 0 unspecified atom stereocenters. The highest BCUT2D eigenvalue weighted by molar-refractivity contribution is 7.22. The van der Waals surface area contributed by atoms with Crippen LogP contribution in [0, 0.1) is 0 Å². The molecule has 0 bridgehead atoms. The number of hydrogen-bond acceptors (Lipinski definition) is 6. The van der Waals surface area contributed by atoms with E-state index < -0.39 is 12.1 Å². The normalized spacial score (nSPS) is 14.1. The molecule has 1 aromatic carbocycles. The summed E-state index contributed by atoms with van der Waals surface area (Å²) in [5.41, 5.74) is 1.44. The number of carboxylic acid groups (broad SMARTS) is 1. The lowest BCUT2D eigenvalue weighted by molar-refractivity contribution is -0.192. The average Bonchev–Trinajstić information content (AvgIpc) is 3.32. The van der Waals surface area contributed by atoms with Crippen molar-refractivity contribution in [3.05, 3.63) is 69.6 Å². The van der Waals surface area contributed by atoms with Gasteiger partial charge in [-0.3, -0.25) is 14.6 Å². The summed E-state index contributed by atoms with van der Waals surface area (Å²) in [6.45, 7) is 0.346. The maximum Gasteiger partial charge on any atom is 0.490 e. The van der Waals surface area contributed by atoms with E-state index in [1.165, 1.54) is 24.9 Å². The Kier molecular flexibility index (Phi) is 8.54. The second kappa shape index (κ2) is 11.9. The third kappa shape index (κ3) is 6.22. The fourth-order valence-electron chi connectivity index (χ4n) is 4.60. The zero-order valence-corrected chi connectivity index (χ0v) is 21.8. The third-order valence-corrected chi connectivity index (χ3v) is 7.61. The summed E-state index contributed by atoms with van der Waals surface area (Å²) in [7, 11) is 1.52. The Bertz CT molecular complexity index is 1540. The minimum atomic E-state index is -5.08. The van der Waals surface area contributed by atoms with Gasteiger partial charge in [-0.25, -0.2) is 4.79 Å². The molecule has 1 aliphatic rings. The topological polar surface area (TPSA) is 111 Å². The first-order valence-corrected chi connectivity index (χ1v) is 13.1. The SMILES string of the molecule is COc1c(C(=O)NC2CCCCC2)sc2c1c(=O)n(Cc1ccccn1)c1ccccc21.O=C(O)C(F)(F)F. The number of aliphatic carboxylic acids is 1. The molecule has 1 fully saturated rings. The second-order valence-corrected chi connectivity index (χ2v) is 10.0. The number of rotatable bonds is 5. The molecule has 12 heteroatoms. The van der Waals surface area contributed by atoms with Crippen LogP contribution in [-0.4, -0.2) is 45.9 Å². The quantitative estimate of drug-likeness (QED) is 0.339. The molecule has 206 valence electrons. The lowest BCUT2D eigenvalue weighted by atomic mass is 9.95. The molecular weight excluding hydrogens is 535 g/mol. The number of alkyl halides is 3. The van der Waals surface area contributed by atoms with Crippen LogP contribution in [0.3, 0.4) is 0 Å². The van der Waals surface area contributed by atoms with Gasteiger partial charge in [0.25, 0.3) is 11.5 Å². The molecule has 1 saturated carbocycles. The Hall–Kier alpha value is -3.93. The summed E-state index contributed by atoms with van der Waals surface area (Å²) in [6, 6.07) is 13.6. The zero-order valence-electron chi connectivity index (χ0n) is 21.0. The van der Waals surface area contributed by atoms with Crippen molar-refractivity contribution >= 4 is 44.2 Å². The van der Waals surface area contributed by atoms with E-state index in [9.17, 15) is 22.8 Å². The van der Waals surface area contributed by atoms with Crippen molar-refractivity contribution in [1.82, 2.24) is 14.9 Å². The number of nitrogens with zero attached hydrogens (tertiary/aromatic N) is 2. The van der Waals surface area contributed by atoms with Gasteiger partial charge in [0.1, 0.15) is 10.3 Å². The van der Waals surface area contributed by atoms with E-state index in [4.69, 9.17) is 14.6 Å². The number of benzene rings is 1. The number of thiophene rings is 1. The number of carboxylic acids is 1. The first kappa shape index (κ1) is 28.1. The van der Waals surface area contributed by atoms with E-state index in [1.54, 1.807) is 10.8 Å². The van der Waals surface area contributed by atoms with Crippen LogP contribution in [0.15, 0.2) is 53.5 Å². The van der Waals surface area contributed by atoms with Gasteiger partial charge in [-0.05, 0) is 31.0 Å². The van der Waals surface area contributed by atoms with Crippen molar-refractivity contribution in [1.29, 1.82) is 0 Å². The molecule has 0 atom stereocenters. The maximum absolute atomic E-state index is 13.7. The molecule has 3 heterocycles. The summed E-state index contributed by atoms with van der Waals surface area (Å²) in [4.78, 5) is 40.6. The molecule has 0 radical (unpaired) electrons. The van der Waals surface area contributed by atoms with E-state index in [0.29, 0.717) is 22.6 Å². The first-order valence-electron chi connectivity index (χ1n) is 12.2. The second-order valence-electron chi connectivity index (χ2n) is 9.01. The van der Waals surface area contributed by atoms with Gasteiger partial charge < -0.3 is 19.7 Å². The average molecular weight is 562 g/mol. The molecule has 2 N–H and O–H groups in total. The predicted octanol–water partition coefficient (Wildman–Crippen LogP) is 5.36. The van der Waals surface area contributed by atoms with Crippen molar-refractivity contribution in [2.75, 3.05) is 7.11 Å². The summed E-state index contributed by atoms with van der Waals surface area (Å²) in [5.74, 6) is -2.55. The van der Waals surface area contributed by atoms with E-state index in [1.807, 2.05) is 42.5 Å². The summed E-state index contributed by atoms with van der Waals surface area (Å²) in [5, 5.41) is 11.7. The van der Waals surface area contributed by atoms with Crippen LogP contribution in [0.4, 0.5) is 13.2 Å². The van der Waals surface area contributed by atoms with Gasteiger partial charge in [0.2, 0.25) is 0 Å². The van der Waals surface area contributed by atoms with Crippen LogP contribution in [0.25, 0.3) is 21.0 Å². The predicted molar refractivity (Wildman–Crippen MR) is 142 cm³/mol. The summed E-state index contributed by atoms with van der Waals surface area (Å²) in [6.07, 6.45) is 2.13. The Morgan fingerprint density at radius 3 is 2.41 bits per heavy atom. The smallest absolute Gasteiger partial charge is 0.490 e. The van der Waals surface area contributed by atoms with Crippen LogP contribution in [-0.2, 0) is 11.3 Å². The highest BCUT2D eigenvalue weighted by Gasteiger charge is 2.38. The largest absolute Gasteiger partial charge is 0.494 e. The fraction of sp³-hybridized carbons (Fsp3) is 0.333. The fourth-order valence-corrected chi connectivity index (χ4v) is 5.80. The van der Waals surface area contributed by atoms with Crippen molar-refractivity contribution in [3.63, 3.8) is 0 Å². The Morgan fingerprint density at radius 2 is 1.79 bits per heavy atom. The first-order chi connectivity index (χ1) is 18.6. The Morgan fingerprint density at radius 1 is 1.13 bits per heavy atom. The number of ether oxygens (including phenoxy) is 1. The van der Waals surface area contributed by atoms with Crippen LogP contribution in [0.2, 0.25) is 0 Å². The number of amides is 1. The summed E-state index contributed by atoms with van der Waals surface area (Å²) < 4.78 is 39.9. The van der Waals surface area contributed by atoms with Gasteiger partial charge in [0.15, 0.2) is 5.75 Å². The van der Waals surface area contributed by atoms with Gasteiger partial charge in [0, 0.05) is 17.6 Å². The third-order valence-electron chi connectivity index (χ3n) is 6.40. The van der Waals surface area contributed by atoms with Crippen molar-refractivity contribution in [2.24, 2.45) is 0 Å². The molecule has 4 aromatic rings. The number of para-hydroxylation sites is 1. The van der Waals surface area contributed by atoms with Gasteiger partial charge in [-0.2, -0.15) is 13.2 Å². The number of carbonyl (C=O) groups is 2. The number of halogens is 3. The molecule has 0 spiro atoms.